The number of halogens is 1. The summed E-state index contributed by atoms with van der Waals surface area (Å²) >= 11 is 0. The lowest BCUT2D eigenvalue weighted by molar-refractivity contribution is 0.576. The normalized spacial score (nSPS) is 12.2. The van der Waals surface area contributed by atoms with Crippen LogP contribution < -0.4 is 10.2 Å². The van der Waals surface area contributed by atoms with Gasteiger partial charge >= 0.3 is 0 Å². The first-order valence-corrected chi connectivity index (χ1v) is 6.97. The number of hydrogen-bond acceptors (Lipinski definition) is 2. The molecule has 2 nitrogen and oxygen atoms in total. The topological polar surface area (TPSA) is 15.3 Å². The number of likely N-dealkylation sites (N-methyl/N-ethyl adjacent to an activating group) is 2. The SMILES string of the molecule is CCN(CC(NC)c1ccccc1)c1ccc(F)cc1. The van der Waals surface area contributed by atoms with Crippen LogP contribution in [0.2, 0.25) is 0 Å². The molecule has 2 aromatic carbocycles. The minimum atomic E-state index is -0.196. The lowest BCUT2D eigenvalue weighted by Gasteiger charge is -2.28. The van der Waals surface area contributed by atoms with E-state index < -0.39 is 0 Å². The summed E-state index contributed by atoms with van der Waals surface area (Å²) in [5.74, 6) is -0.196. The minimum absolute atomic E-state index is 0.196. The van der Waals surface area contributed by atoms with Gasteiger partial charge in [-0.15, -0.1) is 0 Å². The van der Waals surface area contributed by atoms with Gasteiger partial charge in [-0.1, -0.05) is 30.3 Å². The molecule has 3 heteroatoms. The molecule has 0 bridgehead atoms. The Hall–Kier alpha value is -1.87. The minimum Gasteiger partial charge on any atom is -0.370 e. The number of nitrogens with one attached hydrogen (secondary N) is 1. The largest absolute Gasteiger partial charge is 0.370 e. The van der Waals surface area contributed by atoms with E-state index in [1.165, 1.54) is 17.7 Å². The lowest BCUT2D eigenvalue weighted by Crippen LogP contribution is -2.33. The van der Waals surface area contributed by atoms with Gasteiger partial charge in [-0.2, -0.15) is 0 Å². The second-order valence-electron chi connectivity index (χ2n) is 4.77. The van der Waals surface area contributed by atoms with Gasteiger partial charge in [0.2, 0.25) is 0 Å². The average Bonchev–Trinajstić information content (AvgIpc) is 2.51. The summed E-state index contributed by atoms with van der Waals surface area (Å²) in [6.45, 7) is 3.85. The van der Waals surface area contributed by atoms with E-state index in [1.807, 2.05) is 37.4 Å². The molecule has 20 heavy (non-hydrogen) atoms. The van der Waals surface area contributed by atoms with E-state index in [0.717, 1.165) is 18.8 Å². The molecule has 0 aromatic heterocycles. The molecule has 0 radical (unpaired) electrons. The first-order valence-electron chi connectivity index (χ1n) is 6.97. The molecule has 0 saturated heterocycles. The van der Waals surface area contributed by atoms with E-state index in [4.69, 9.17) is 0 Å². The van der Waals surface area contributed by atoms with Crippen LogP contribution in [0.1, 0.15) is 18.5 Å². The summed E-state index contributed by atoms with van der Waals surface area (Å²) in [6, 6.07) is 17.3. The maximum atomic E-state index is 13.0. The number of benzene rings is 2. The maximum Gasteiger partial charge on any atom is 0.123 e. The Labute approximate surface area is 120 Å². The molecule has 0 spiro atoms. The Morgan fingerprint density at radius 3 is 2.25 bits per heavy atom. The number of hydrogen-bond donors (Lipinski definition) is 1. The van der Waals surface area contributed by atoms with E-state index in [1.54, 1.807) is 0 Å². The van der Waals surface area contributed by atoms with Crippen LogP contribution in [0.5, 0.6) is 0 Å². The van der Waals surface area contributed by atoms with Crippen LogP contribution in [-0.4, -0.2) is 20.1 Å². The molecule has 0 aliphatic carbocycles. The van der Waals surface area contributed by atoms with Crippen molar-refractivity contribution < 1.29 is 4.39 Å². The van der Waals surface area contributed by atoms with Gasteiger partial charge in [0.05, 0.1) is 0 Å². The summed E-state index contributed by atoms with van der Waals surface area (Å²) in [6.07, 6.45) is 0. The molecule has 1 unspecified atom stereocenters. The summed E-state index contributed by atoms with van der Waals surface area (Å²) in [7, 11) is 1.97. The van der Waals surface area contributed by atoms with Crippen molar-refractivity contribution in [3.05, 3.63) is 66.0 Å². The van der Waals surface area contributed by atoms with Gasteiger partial charge in [-0.25, -0.2) is 4.39 Å². The first kappa shape index (κ1) is 14.5. The molecule has 2 aromatic rings. The van der Waals surface area contributed by atoms with E-state index in [-0.39, 0.29) is 11.9 Å². The van der Waals surface area contributed by atoms with Crippen molar-refractivity contribution in [2.24, 2.45) is 0 Å². The van der Waals surface area contributed by atoms with Crippen molar-refractivity contribution >= 4 is 5.69 Å². The number of anilines is 1. The monoisotopic (exact) mass is 272 g/mol. The van der Waals surface area contributed by atoms with Crippen LogP contribution >= 0.6 is 0 Å². The zero-order chi connectivity index (χ0) is 14.4. The highest BCUT2D eigenvalue weighted by Crippen LogP contribution is 2.19. The van der Waals surface area contributed by atoms with Crippen molar-refractivity contribution in [1.82, 2.24) is 5.32 Å². The highest BCUT2D eigenvalue weighted by molar-refractivity contribution is 5.46. The highest BCUT2D eigenvalue weighted by Gasteiger charge is 2.13. The molecular formula is C17H21FN2. The molecule has 0 aliphatic rings. The third-order valence-electron chi connectivity index (χ3n) is 3.53. The maximum absolute atomic E-state index is 13.0. The Morgan fingerprint density at radius 2 is 1.70 bits per heavy atom. The second-order valence-corrected chi connectivity index (χ2v) is 4.77. The zero-order valence-corrected chi connectivity index (χ0v) is 12.0. The predicted molar refractivity (Wildman–Crippen MR) is 82.5 cm³/mol. The fourth-order valence-corrected chi connectivity index (χ4v) is 2.34. The Bertz CT molecular complexity index is 510. The molecule has 1 atom stereocenters. The van der Waals surface area contributed by atoms with Gasteiger partial charge in [0.1, 0.15) is 5.82 Å². The smallest absolute Gasteiger partial charge is 0.123 e. The summed E-state index contributed by atoms with van der Waals surface area (Å²) in [5.41, 5.74) is 2.31. The molecule has 0 amide bonds. The Balaban J connectivity index is 2.14. The van der Waals surface area contributed by atoms with Crippen molar-refractivity contribution in [1.29, 1.82) is 0 Å². The average molecular weight is 272 g/mol. The van der Waals surface area contributed by atoms with E-state index >= 15 is 0 Å². The third-order valence-corrected chi connectivity index (χ3v) is 3.53. The molecule has 0 aliphatic heterocycles. The van der Waals surface area contributed by atoms with Gasteiger partial charge in [0, 0.05) is 24.8 Å². The third kappa shape index (κ3) is 3.58. The molecule has 106 valence electrons. The van der Waals surface area contributed by atoms with Crippen LogP contribution in [0.15, 0.2) is 54.6 Å². The van der Waals surface area contributed by atoms with Gasteiger partial charge in [0.25, 0.3) is 0 Å². The van der Waals surface area contributed by atoms with E-state index in [2.05, 4.69) is 29.3 Å². The first-order chi connectivity index (χ1) is 9.74. The molecule has 1 N–H and O–H groups in total. The fraction of sp³-hybridized carbons (Fsp3) is 0.294. The lowest BCUT2D eigenvalue weighted by atomic mass is 10.1. The molecule has 0 saturated carbocycles. The van der Waals surface area contributed by atoms with Crippen molar-refractivity contribution in [3.63, 3.8) is 0 Å². The van der Waals surface area contributed by atoms with Gasteiger partial charge in [0.15, 0.2) is 0 Å². The van der Waals surface area contributed by atoms with E-state index in [0.29, 0.717) is 0 Å². The summed E-state index contributed by atoms with van der Waals surface area (Å²) in [5, 5.41) is 3.35. The van der Waals surface area contributed by atoms with Crippen molar-refractivity contribution in [3.8, 4) is 0 Å². The second kappa shape index (κ2) is 7.06. The standard InChI is InChI=1S/C17H21FN2/c1-3-20(16-11-9-15(18)10-12-16)13-17(19-2)14-7-5-4-6-8-14/h4-12,17,19H,3,13H2,1-2H3. The summed E-state index contributed by atoms with van der Waals surface area (Å²) < 4.78 is 13.0. The number of nitrogens with zero attached hydrogens (tertiary/aromatic N) is 1. The van der Waals surface area contributed by atoms with Gasteiger partial charge in [-0.05, 0) is 43.8 Å². The predicted octanol–water partition coefficient (Wildman–Crippen LogP) is 3.61. The van der Waals surface area contributed by atoms with Gasteiger partial charge < -0.3 is 10.2 Å². The van der Waals surface area contributed by atoms with Crippen molar-refractivity contribution in [2.75, 3.05) is 25.0 Å². The summed E-state index contributed by atoms with van der Waals surface area (Å²) in [4.78, 5) is 2.24. The highest BCUT2D eigenvalue weighted by atomic mass is 19.1. The quantitative estimate of drug-likeness (QED) is 0.864. The molecule has 2 rings (SSSR count). The molecule has 0 fully saturated rings. The van der Waals surface area contributed by atoms with Crippen molar-refractivity contribution in [2.45, 2.75) is 13.0 Å². The molecular weight excluding hydrogens is 251 g/mol. The van der Waals surface area contributed by atoms with Crippen LogP contribution in [0, 0.1) is 5.82 Å². The Kier molecular flexibility index (Phi) is 5.13. The van der Waals surface area contributed by atoms with Crippen LogP contribution in [-0.2, 0) is 0 Å². The Morgan fingerprint density at radius 1 is 1.05 bits per heavy atom. The van der Waals surface area contributed by atoms with Crippen LogP contribution in [0.4, 0.5) is 10.1 Å². The van der Waals surface area contributed by atoms with E-state index in [9.17, 15) is 4.39 Å². The molecule has 0 heterocycles. The zero-order valence-electron chi connectivity index (χ0n) is 12.0. The van der Waals surface area contributed by atoms with Crippen LogP contribution in [0.3, 0.4) is 0 Å². The van der Waals surface area contributed by atoms with Crippen LogP contribution in [0.25, 0.3) is 0 Å². The number of rotatable bonds is 6. The fourth-order valence-electron chi connectivity index (χ4n) is 2.34. The van der Waals surface area contributed by atoms with Gasteiger partial charge in [-0.3, -0.25) is 0 Å².